The van der Waals surface area contributed by atoms with Gasteiger partial charge in [0.05, 0.1) is 17.6 Å². The molecule has 0 aromatic carbocycles. The van der Waals surface area contributed by atoms with Gasteiger partial charge in [-0.2, -0.15) is 5.26 Å². The average Bonchev–Trinajstić information content (AvgIpc) is 2.95. The molecule has 3 heterocycles. The number of likely N-dealkylation sites (tertiary alicyclic amines) is 1. The van der Waals surface area contributed by atoms with E-state index in [1.165, 1.54) is 11.2 Å². The van der Waals surface area contributed by atoms with Crippen LogP contribution in [0.1, 0.15) is 26.2 Å². The molecule has 0 aliphatic carbocycles. The lowest BCUT2D eigenvalue weighted by Gasteiger charge is -2.42. The van der Waals surface area contributed by atoms with Gasteiger partial charge in [-0.1, -0.05) is 11.6 Å². The lowest BCUT2D eigenvalue weighted by Crippen LogP contribution is -2.57. The Morgan fingerprint density at radius 3 is 2.86 bits per heavy atom. The Bertz CT molecular complexity index is 816. The molecule has 9 nitrogen and oxygen atoms in total. The topological polar surface area (TPSA) is 113 Å². The highest BCUT2D eigenvalue weighted by Gasteiger charge is 2.50. The third kappa shape index (κ3) is 4.08. The van der Waals surface area contributed by atoms with E-state index < -0.39 is 5.66 Å². The van der Waals surface area contributed by atoms with Crippen molar-refractivity contribution in [2.24, 2.45) is 9.98 Å². The van der Waals surface area contributed by atoms with Crippen LogP contribution in [0.2, 0.25) is 0 Å². The molecule has 0 aromatic heterocycles. The monoisotopic (exact) mass is 403 g/mol. The molecule has 2 amide bonds. The van der Waals surface area contributed by atoms with Crippen LogP contribution >= 0.6 is 11.6 Å². The van der Waals surface area contributed by atoms with Crippen LogP contribution in [0.3, 0.4) is 0 Å². The number of carbonyl (C=O) groups excluding carboxylic acids is 2. The number of hydrogen-bond acceptors (Lipinski definition) is 7. The van der Waals surface area contributed by atoms with Crippen LogP contribution < -0.4 is 10.6 Å². The van der Waals surface area contributed by atoms with E-state index in [2.05, 4.69) is 26.7 Å². The molecule has 2 fully saturated rings. The van der Waals surface area contributed by atoms with Crippen LogP contribution in [0, 0.1) is 11.3 Å². The first-order valence-corrected chi connectivity index (χ1v) is 9.43. The summed E-state index contributed by atoms with van der Waals surface area (Å²) in [6.07, 6.45) is 5.52. The summed E-state index contributed by atoms with van der Waals surface area (Å²) in [5.41, 5.74) is 0.0491. The summed E-state index contributed by atoms with van der Waals surface area (Å²) in [5, 5.41) is 15.1. The predicted octanol–water partition coefficient (Wildman–Crippen LogP) is 0.665. The zero-order chi connectivity index (χ0) is 20.1. The Balaban J connectivity index is 1.80. The second kappa shape index (κ2) is 8.54. The fourth-order valence-electron chi connectivity index (χ4n) is 3.60. The van der Waals surface area contributed by atoms with E-state index in [0.29, 0.717) is 57.5 Å². The minimum absolute atomic E-state index is 0.138. The summed E-state index contributed by atoms with van der Waals surface area (Å²) >= 11 is 6.43. The molecule has 0 atom stereocenters. The van der Waals surface area contributed by atoms with Gasteiger partial charge in [0.2, 0.25) is 6.41 Å². The number of rotatable bonds is 4. The van der Waals surface area contributed by atoms with E-state index in [0.717, 1.165) is 5.84 Å². The van der Waals surface area contributed by atoms with Crippen molar-refractivity contribution in [1.82, 2.24) is 20.4 Å². The maximum atomic E-state index is 12.6. The number of allylic oxidation sites excluding steroid dienone is 3. The number of nitrogens with zero attached hydrogens (tertiary/aromatic N) is 5. The lowest BCUT2D eigenvalue weighted by molar-refractivity contribution is -0.122. The molecule has 0 radical (unpaired) electrons. The maximum Gasteiger partial charge on any atom is 0.271 e. The van der Waals surface area contributed by atoms with Crippen molar-refractivity contribution >= 4 is 36.1 Å². The summed E-state index contributed by atoms with van der Waals surface area (Å²) < 4.78 is 0. The molecule has 2 N–H and O–H groups in total. The highest BCUT2D eigenvalue weighted by atomic mass is 35.5. The number of halogens is 1. The van der Waals surface area contributed by atoms with Gasteiger partial charge < -0.3 is 10.6 Å². The first-order chi connectivity index (χ1) is 13.5. The van der Waals surface area contributed by atoms with Crippen LogP contribution in [-0.2, 0) is 9.59 Å². The molecular formula is C18H22ClN7O2. The van der Waals surface area contributed by atoms with Crippen LogP contribution in [0.25, 0.3) is 0 Å². The van der Waals surface area contributed by atoms with Gasteiger partial charge in [0.15, 0.2) is 0 Å². The Hall–Kier alpha value is -2.70. The summed E-state index contributed by atoms with van der Waals surface area (Å²) in [6.45, 7) is 4.03. The van der Waals surface area contributed by atoms with Crippen molar-refractivity contribution in [1.29, 1.82) is 5.26 Å². The Morgan fingerprint density at radius 2 is 2.25 bits per heavy atom. The molecule has 3 aliphatic heterocycles. The van der Waals surface area contributed by atoms with E-state index in [1.807, 2.05) is 11.8 Å². The van der Waals surface area contributed by atoms with Crippen LogP contribution in [0.15, 0.2) is 32.5 Å². The number of carbonyl (C=O) groups is 2. The first kappa shape index (κ1) is 20.0. The minimum Gasteiger partial charge on any atom is -0.347 e. The fraction of sp³-hybridized carbons (Fsp3) is 0.500. The molecule has 148 valence electrons. The molecule has 3 rings (SSSR count). The zero-order valence-electron chi connectivity index (χ0n) is 15.6. The van der Waals surface area contributed by atoms with Crippen molar-refractivity contribution in [3.8, 4) is 6.07 Å². The molecule has 28 heavy (non-hydrogen) atoms. The Labute approximate surface area is 168 Å². The predicted molar refractivity (Wildman–Crippen MR) is 105 cm³/mol. The van der Waals surface area contributed by atoms with E-state index in [9.17, 15) is 9.59 Å². The summed E-state index contributed by atoms with van der Waals surface area (Å²) in [4.78, 5) is 36.1. The van der Waals surface area contributed by atoms with Crippen molar-refractivity contribution in [3.05, 3.63) is 22.5 Å². The molecule has 0 aromatic rings. The Morgan fingerprint density at radius 1 is 1.50 bits per heavy atom. The standard InChI is InChI=1S/C18H22ClN7O2/c1-13(23-15-2-6-21-11-22-15)10-14(19)16-17(28)24-18(26(16)12-27)3-7-25(8-4-18)9-5-20/h10-12H,2-4,6-9H2,1H3,(H,24,28)(H,21,22,23)/b13-10+,16-14+. The number of hydrogen-bond donors (Lipinski definition) is 2. The van der Waals surface area contributed by atoms with Crippen LogP contribution in [0.4, 0.5) is 0 Å². The number of amidine groups is 1. The average molecular weight is 404 g/mol. The summed E-state index contributed by atoms with van der Waals surface area (Å²) in [7, 11) is 0. The van der Waals surface area contributed by atoms with E-state index in [-0.39, 0.29) is 16.6 Å². The third-order valence-corrected chi connectivity index (χ3v) is 5.32. The van der Waals surface area contributed by atoms with Gasteiger partial charge in [0.25, 0.3) is 5.91 Å². The molecule has 0 unspecified atom stereocenters. The summed E-state index contributed by atoms with van der Waals surface area (Å²) in [5.74, 6) is 0.389. The highest BCUT2D eigenvalue weighted by Crippen LogP contribution is 2.35. The molecule has 1 spiro atoms. The van der Waals surface area contributed by atoms with Gasteiger partial charge in [0, 0.05) is 44.6 Å². The van der Waals surface area contributed by atoms with Gasteiger partial charge in [-0.05, 0) is 13.0 Å². The highest BCUT2D eigenvalue weighted by molar-refractivity contribution is 6.33. The second-order valence-electron chi connectivity index (χ2n) is 6.89. The van der Waals surface area contributed by atoms with Crippen molar-refractivity contribution < 1.29 is 9.59 Å². The molecule has 2 saturated heterocycles. The number of nitriles is 1. The number of piperidine rings is 1. The second-order valence-corrected chi connectivity index (χ2v) is 7.30. The first-order valence-electron chi connectivity index (χ1n) is 9.05. The van der Waals surface area contributed by atoms with Gasteiger partial charge in [0.1, 0.15) is 23.5 Å². The van der Waals surface area contributed by atoms with Gasteiger partial charge in [-0.25, -0.2) is 4.99 Å². The summed E-state index contributed by atoms with van der Waals surface area (Å²) in [6, 6.07) is 2.12. The Kier molecular flexibility index (Phi) is 6.11. The fourth-order valence-corrected chi connectivity index (χ4v) is 3.94. The normalized spacial score (nSPS) is 23.9. The van der Waals surface area contributed by atoms with Crippen molar-refractivity contribution in [3.63, 3.8) is 0 Å². The van der Waals surface area contributed by atoms with E-state index in [1.54, 1.807) is 6.08 Å². The molecule has 0 saturated carbocycles. The third-order valence-electron chi connectivity index (χ3n) is 5.03. The lowest BCUT2D eigenvalue weighted by atomic mass is 9.96. The maximum absolute atomic E-state index is 12.6. The number of nitrogens with one attached hydrogen (secondary N) is 2. The molecule has 10 heteroatoms. The molecule has 3 aliphatic rings. The molecular weight excluding hydrogens is 382 g/mol. The van der Waals surface area contributed by atoms with E-state index >= 15 is 0 Å². The SMILES string of the molecule is C/C(=C\C(Cl)=C1\C(=O)NC2(CCN(CC#N)CC2)N1C=O)NC1=NC=NCC1. The smallest absolute Gasteiger partial charge is 0.271 e. The van der Waals surface area contributed by atoms with Crippen LogP contribution in [-0.4, -0.2) is 66.1 Å². The zero-order valence-corrected chi connectivity index (χ0v) is 16.4. The van der Waals surface area contributed by atoms with Gasteiger partial charge >= 0.3 is 0 Å². The minimum atomic E-state index is -0.792. The number of amides is 2. The van der Waals surface area contributed by atoms with Crippen molar-refractivity contribution in [2.75, 3.05) is 26.2 Å². The van der Waals surface area contributed by atoms with E-state index in [4.69, 9.17) is 16.9 Å². The van der Waals surface area contributed by atoms with Gasteiger partial charge in [-0.3, -0.25) is 24.4 Å². The number of aliphatic imine (C=N–C) groups is 2. The van der Waals surface area contributed by atoms with Crippen LogP contribution in [0.5, 0.6) is 0 Å². The largest absolute Gasteiger partial charge is 0.347 e. The molecule has 0 bridgehead atoms. The van der Waals surface area contributed by atoms with Crippen molar-refractivity contribution in [2.45, 2.75) is 31.8 Å². The quantitative estimate of drug-likeness (QED) is 0.407. The van der Waals surface area contributed by atoms with Gasteiger partial charge in [-0.15, -0.1) is 0 Å².